The van der Waals surface area contributed by atoms with E-state index in [-0.39, 0.29) is 18.5 Å². The lowest BCUT2D eigenvalue weighted by Crippen LogP contribution is -2.51. The van der Waals surface area contributed by atoms with Crippen LogP contribution in [0.3, 0.4) is 0 Å². The van der Waals surface area contributed by atoms with E-state index in [1.165, 1.54) is 17.2 Å². The molecular weight excluding hydrogens is 442 g/mol. The number of anilines is 1. The van der Waals surface area contributed by atoms with Crippen LogP contribution in [0.4, 0.5) is 19.3 Å². The van der Waals surface area contributed by atoms with Crippen molar-refractivity contribution >= 4 is 28.7 Å². The minimum absolute atomic E-state index is 0.120. The summed E-state index contributed by atoms with van der Waals surface area (Å²) in [5.41, 5.74) is 1.12. The van der Waals surface area contributed by atoms with Crippen molar-refractivity contribution in [1.82, 2.24) is 15.3 Å². The molecule has 0 aliphatic heterocycles. The van der Waals surface area contributed by atoms with Gasteiger partial charge < -0.3 is 15.0 Å². The SMILES string of the molecule is C=CCN(C(=O)[C@H](Cc1cc(F)cc(F)c1)NC(=O)OC(C)(C)C)c1ccc2nccnc2c1. The van der Waals surface area contributed by atoms with Crippen molar-refractivity contribution in [2.45, 2.75) is 38.8 Å². The molecule has 3 rings (SSSR count). The van der Waals surface area contributed by atoms with Gasteiger partial charge >= 0.3 is 6.09 Å². The number of carbonyl (C=O) groups excluding carboxylic acids is 2. The van der Waals surface area contributed by atoms with E-state index in [0.29, 0.717) is 16.7 Å². The number of nitrogens with zero attached hydrogens (tertiary/aromatic N) is 3. The summed E-state index contributed by atoms with van der Waals surface area (Å²) < 4.78 is 32.9. The lowest BCUT2D eigenvalue weighted by molar-refractivity contribution is -0.120. The average molecular weight is 469 g/mol. The first-order valence-corrected chi connectivity index (χ1v) is 10.6. The summed E-state index contributed by atoms with van der Waals surface area (Å²) in [5, 5.41) is 2.55. The quantitative estimate of drug-likeness (QED) is 0.514. The maximum absolute atomic E-state index is 13.8. The van der Waals surface area contributed by atoms with Crippen LogP contribution in [0.5, 0.6) is 0 Å². The highest BCUT2D eigenvalue weighted by atomic mass is 19.1. The van der Waals surface area contributed by atoms with Crippen LogP contribution in [-0.2, 0) is 16.0 Å². The van der Waals surface area contributed by atoms with Crippen LogP contribution in [0.1, 0.15) is 26.3 Å². The number of amides is 2. The van der Waals surface area contributed by atoms with Crippen LogP contribution in [-0.4, -0.2) is 40.2 Å². The highest BCUT2D eigenvalue weighted by Gasteiger charge is 2.29. The highest BCUT2D eigenvalue weighted by Crippen LogP contribution is 2.22. The van der Waals surface area contributed by atoms with Crippen LogP contribution < -0.4 is 10.2 Å². The van der Waals surface area contributed by atoms with Gasteiger partial charge in [0.25, 0.3) is 0 Å². The summed E-state index contributed by atoms with van der Waals surface area (Å²) in [6.07, 6.45) is 3.65. The number of alkyl carbamates (subject to hydrolysis) is 1. The zero-order chi connectivity index (χ0) is 24.9. The zero-order valence-corrected chi connectivity index (χ0v) is 19.2. The van der Waals surface area contributed by atoms with Crippen molar-refractivity contribution in [1.29, 1.82) is 0 Å². The predicted molar refractivity (Wildman–Crippen MR) is 125 cm³/mol. The number of aromatic nitrogens is 2. The second kappa shape index (κ2) is 10.4. The first-order chi connectivity index (χ1) is 16.1. The molecule has 1 heterocycles. The number of carbonyl (C=O) groups is 2. The standard InChI is InChI=1S/C25H26F2N4O3/c1-5-10-31(19-6-7-20-21(15-19)29-9-8-28-20)23(32)22(30-24(33)34-25(2,3)4)13-16-11-17(26)14-18(27)12-16/h5-9,11-12,14-15,22H,1,10,13H2,2-4H3,(H,30,33)/t22-/m0/s1. The topological polar surface area (TPSA) is 84.4 Å². The van der Waals surface area contributed by atoms with E-state index in [2.05, 4.69) is 21.9 Å². The molecule has 34 heavy (non-hydrogen) atoms. The van der Waals surface area contributed by atoms with Crippen LogP contribution in [0.15, 0.2) is 61.4 Å². The molecular formula is C25H26F2N4O3. The molecule has 2 aromatic carbocycles. The highest BCUT2D eigenvalue weighted by molar-refractivity contribution is 6.00. The third-order valence-corrected chi connectivity index (χ3v) is 4.69. The van der Waals surface area contributed by atoms with Crippen molar-refractivity contribution in [3.63, 3.8) is 0 Å². The van der Waals surface area contributed by atoms with E-state index in [0.717, 1.165) is 18.2 Å². The molecule has 0 saturated heterocycles. The predicted octanol–water partition coefficient (Wildman–Crippen LogP) is 4.56. The van der Waals surface area contributed by atoms with Gasteiger partial charge in [0.15, 0.2) is 0 Å². The van der Waals surface area contributed by atoms with Crippen molar-refractivity contribution in [2.24, 2.45) is 0 Å². The summed E-state index contributed by atoms with van der Waals surface area (Å²) in [6, 6.07) is 6.91. The normalized spacial score (nSPS) is 12.1. The smallest absolute Gasteiger partial charge is 0.408 e. The van der Waals surface area contributed by atoms with Crippen LogP contribution >= 0.6 is 0 Å². The van der Waals surface area contributed by atoms with Gasteiger partial charge in [-0.2, -0.15) is 0 Å². The molecule has 0 spiro atoms. The van der Waals surface area contributed by atoms with Crippen molar-refractivity contribution in [2.75, 3.05) is 11.4 Å². The van der Waals surface area contributed by atoms with E-state index in [9.17, 15) is 18.4 Å². The van der Waals surface area contributed by atoms with E-state index >= 15 is 0 Å². The Morgan fingerprint density at radius 2 is 1.74 bits per heavy atom. The third-order valence-electron chi connectivity index (χ3n) is 4.69. The summed E-state index contributed by atoms with van der Waals surface area (Å²) in [4.78, 5) is 36.0. The summed E-state index contributed by atoms with van der Waals surface area (Å²) in [7, 11) is 0. The number of fused-ring (bicyclic) bond motifs is 1. The lowest BCUT2D eigenvalue weighted by atomic mass is 10.0. The molecule has 0 saturated carbocycles. The van der Waals surface area contributed by atoms with Gasteiger partial charge in [-0.1, -0.05) is 6.08 Å². The zero-order valence-electron chi connectivity index (χ0n) is 19.2. The largest absolute Gasteiger partial charge is 0.444 e. The van der Waals surface area contributed by atoms with Gasteiger partial charge in [0.05, 0.1) is 11.0 Å². The molecule has 0 aliphatic rings. The van der Waals surface area contributed by atoms with Gasteiger partial charge in [-0.15, -0.1) is 6.58 Å². The van der Waals surface area contributed by atoms with Gasteiger partial charge in [-0.3, -0.25) is 14.8 Å². The molecule has 0 fully saturated rings. The maximum atomic E-state index is 13.8. The Labute approximate surface area is 196 Å². The van der Waals surface area contributed by atoms with E-state index in [1.54, 1.807) is 45.2 Å². The van der Waals surface area contributed by atoms with E-state index in [1.807, 2.05) is 0 Å². The summed E-state index contributed by atoms with van der Waals surface area (Å²) >= 11 is 0. The Balaban J connectivity index is 1.96. The van der Waals surface area contributed by atoms with Gasteiger partial charge in [0, 0.05) is 37.1 Å². The van der Waals surface area contributed by atoms with E-state index < -0.39 is 35.3 Å². The number of nitrogens with one attached hydrogen (secondary N) is 1. The molecule has 0 unspecified atom stereocenters. The Morgan fingerprint density at radius 1 is 1.09 bits per heavy atom. The second-order valence-corrected chi connectivity index (χ2v) is 8.65. The molecule has 1 N–H and O–H groups in total. The number of ether oxygens (including phenoxy) is 1. The molecule has 7 nitrogen and oxygen atoms in total. The lowest BCUT2D eigenvalue weighted by Gasteiger charge is -2.28. The Morgan fingerprint density at radius 3 is 2.35 bits per heavy atom. The number of hydrogen-bond donors (Lipinski definition) is 1. The van der Waals surface area contributed by atoms with Crippen molar-refractivity contribution in [3.05, 3.63) is 78.6 Å². The molecule has 1 atom stereocenters. The molecule has 0 radical (unpaired) electrons. The number of rotatable bonds is 7. The van der Waals surface area contributed by atoms with Gasteiger partial charge in [-0.25, -0.2) is 13.6 Å². The number of halogens is 2. The molecule has 0 aliphatic carbocycles. The van der Waals surface area contributed by atoms with Crippen LogP contribution in [0.25, 0.3) is 11.0 Å². The van der Waals surface area contributed by atoms with Gasteiger partial charge in [0.2, 0.25) is 5.91 Å². The maximum Gasteiger partial charge on any atom is 0.408 e. The molecule has 0 bridgehead atoms. The fraction of sp³-hybridized carbons (Fsp3) is 0.280. The van der Waals surface area contributed by atoms with Gasteiger partial charge in [0.1, 0.15) is 23.3 Å². The van der Waals surface area contributed by atoms with Crippen molar-refractivity contribution < 1.29 is 23.1 Å². The first kappa shape index (κ1) is 24.8. The third kappa shape index (κ3) is 6.57. The molecule has 3 aromatic rings. The van der Waals surface area contributed by atoms with Crippen LogP contribution in [0, 0.1) is 11.6 Å². The molecule has 2 amide bonds. The fourth-order valence-corrected chi connectivity index (χ4v) is 3.37. The Kier molecular flexibility index (Phi) is 7.55. The van der Waals surface area contributed by atoms with Crippen molar-refractivity contribution in [3.8, 4) is 0 Å². The minimum atomic E-state index is -1.17. The second-order valence-electron chi connectivity index (χ2n) is 8.65. The number of benzene rings is 2. The number of hydrogen-bond acceptors (Lipinski definition) is 5. The van der Waals surface area contributed by atoms with Gasteiger partial charge in [-0.05, 0) is 56.7 Å². The fourth-order valence-electron chi connectivity index (χ4n) is 3.37. The molecule has 1 aromatic heterocycles. The Bertz CT molecular complexity index is 1190. The summed E-state index contributed by atoms with van der Waals surface area (Å²) in [5.74, 6) is -2.08. The van der Waals surface area contributed by atoms with Crippen LogP contribution in [0.2, 0.25) is 0 Å². The Hall–Kier alpha value is -3.88. The monoisotopic (exact) mass is 468 g/mol. The molecule has 178 valence electrons. The average Bonchev–Trinajstić information content (AvgIpc) is 2.74. The van der Waals surface area contributed by atoms with E-state index in [4.69, 9.17) is 4.74 Å². The summed E-state index contributed by atoms with van der Waals surface area (Å²) in [6.45, 7) is 8.89. The minimum Gasteiger partial charge on any atom is -0.444 e. The molecule has 9 heteroatoms. The first-order valence-electron chi connectivity index (χ1n) is 10.6.